The first-order chi connectivity index (χ1) is 8.97. The molecule has 19 heavy (non-hydrogen) atoms. The summed E-state index contributed by atoms with van der Waals surface area (Å²) in [5.41, 5.74) is 8.18. The Balaban J connectivity index is 2.45. The number of nitrogens with one attached hydrogen (secondary N) is 1. The molecule has 0 aliphatic heterocycles. The molecule has 0 radical (unpaired) electrons. The normalized spacial score (nSPS) is 10.3. The monoisotopic (exact) mass is 418 g/mol. The SMILES string of the molecule is NC(=S)c1ccc(Br)cc1Nc1cc(Cl)ccc1Br. The Morgan fingerprint density at radius 3 is 2.53 bits per heavy atom. The maximum absolute atomic E-state index is 6.00. The Morgan fingerprint density at radius 2 is 1.84 bits per heavy atom. The van der Waals surface area contributed by atoms with Crippen molar-refractivity contribution in [1.82, 2.24) is 0 Å². The van der Waals surface area contributed by atoms with Crippen molar-refractivity contribution in [2.45, 2.75) is 0 Å². The van der Waals surface area contributed by atoms with Gasteiger partial charge in [-0.15, -0.1) is 0 Å². The Bertz CT molecular complexity index is 647. The summed E-state index contributed by atoms with van der Waals surface area (Å²) in [5, 5.41) is 3.93. The van der Waals surface area contributed by atoms with E-state index in [-0.39, 0.29) is 0 Å². The van der Waals surface area contributed by atoms with Gasteiger partial charge in [0.15, 0.2) is 0 Å². The summed E-state index contributed by atoms with van der Waals surface area (Å²) in [6, 6.07) is 11.2. The van der Waals surface area contributed by atoms with Gasteiger partial charge in [-0.2, -0.15) is 0 Å². The van der Waals surface area contributed by atoms with E-state index in [1.807, 2.05) is 36.4 Å². The van der Waals surface area contributed by atoms with E-state index < -0.39 is 0 Å². The molecule has 0 spiro atoms. The van der Waals surface area contributed by atoms with E-state index in [0.717, 1.165) is 25.9 Å². The van der Waals surface area contributed by atoms with Gasteiger partial charge in [-0.05, 0) is 52.3 Å². The largest absolute Gasteiger partial charge is 0.389 e. The fourth-order valence-corrected chi connectivity index (χ4v) is 2.63. The Hall–Kier alpha value is -0.620. The molecule has 2 aromatic rings. The van der Waals surface area contributed by atoms with E-state index in [4.69, 9.17) is 29.6 Å². The predicted molar refractivity (Wildman–Crippen MR) is 92.5 cm³/mol. The zero-order valence-electron chi connectivity index (χ0n) is 9.58. The molecular formula is C13H9Br2ClN2S. The molecule has 0 unspecified atom stereocenters. The van der Waals surface area contributed by atoms with Crippen molar-refractivity contribution >= 4 is 72.0 Å². The lowest BCUT2D eigenvalue weighted by molar-refractivity contribution is 1.49. The van der Waals surface area contributed by atoms with Gasteiger partial charge >= 0.3 is 0 Å². The van der Waals surface area contributed by atoms with E-state index >= 15 is 0 Å². The molecule has 2 nitrogen and oxygen atoms in total. The highest BCUT2D eigenvalue weighted by atomic mass is 79.9. The first-order valence-corrected chi connectivity index (χ1v) is 7.66. The van der Waals surface area contributed by atoms with Crippen molar-refractivity contribution < 1.29 is 0 Å². The van der Waals surface area contributed by atoms with Gasteiger partial charge in [0.25, 0.3) is 0 Å². The van der Waals surface area contributed by atoms with Crippen LogP contribution in [0.3, 0.4) is 0 Å². The Morgan fingerprint density at radius 1 is 1.11 bits per heavy atom. The third-order valence-electron chi connectivity index (χ3n) is 2.44. The van der Waals surface area contributed by atoms with E-state index in [1.54, 1.807) is 0 Å². The van der Waals surface area contributed by atoms with Crippen molar-refractivity contribution in [2.75, 3.05) is 5.32 Å². The number of nitrogens with two attached hydrogens (primary N) is 1. The molecular weight excluding hydrogens is 411 g/mol. The van der Waals surface area contributed by atoms with Crippen LogP contribution in [-0.2, 0) is 0 Å². The smallest absolute Gasteiger partial charge is 0.106 e. The maximum atomic E-state index is 6.00. The average molecular weight is 421 g/mol. The molecule has 0 bridgehead atoms. The van der Waals surface area contributed by atoms with Crippen LogP contribution in [0.15, 0.2) is 45.3 Å². The summed E-state index contributed by atoms with van der Waals surface area (Å²) in [4.78, 5) is 0.341. The van der Waals surface area contributed by atoms with Crippen molar-refractivity contribution in [3.05, 3.63) is 55.9 Å². The number of hydrogen-bond donors (Lipinski definition) is 2. The maximum Gasteiger partial charge on any atom is 0.106 e. The molecule has 0 amide bonds. The lowest BCUT2D eigenvalue weighted by Crippen LogP contribution is -2.12. The van der Waals surface area contributed by atoms with Gasteiger partial charge in [0, 0.05) is 25.2 Å². The van der Waals surface area contributed by atoms with Gasteiger partial charge in [-0.3, -0.25) is 0 Å². The number of halogens is 3. The third kappa shape index (κ3) is 3.69. The highest BCUT2D eigenvalue weighted by Crippen LogP contribution is 2.31. The van der Waals surface area contributed by atoms with Crippen LogP contribution in [0, 0.1) is 0 Å². The lowest BCUT2D eigenvalue weighted by atomic mass is 10.1. The molecule has 98 valence electrons. The number of rotatable bonds is 3. The summed E-state index contributed by atoms with van der Waals surface area (Å²) < 4.78 is 1.85. The van der Waals surface area contributed by atoms with Crippen LogP contribution >= 0.6 is 55.7 Å². The van der Waals surface area contributed by atoms with Gasteiger partial charge in [0.2, 0.25) is 0 Å². The first kappa shape index (κ1) is 14.8. The Kier molecular flexibility index (Phi) is 4.84. The van der Waals surface area contributed by atoms with Crippen molar-refractivity contribution in [1.29, 1.82) is 0 Å². The first-order valence-electron chi connectivity index (χ1n) is 5.29. The zero-order valence-corrected chi connectivity index (χ0v) is 14.3. The zero-order chi connectivity index (χ0) is 14.0. The molecule has 0 atom stereocenters. The topological polar surface area (TPSA) is 38.0 Å². The quantitative estimate of drug-likeness (QED) is 0.667. The molecule has 6 heteroatoms. The molecule has 0 saturated heterocycles. The predicted octanol–water partition coefficient (Wildman–Crippen LogP) is 5.24. The highest BCUT2D eigenvalue weighted by Gasteiger charge is 2.08. The van der Waals surface area contributed by atoms with Crippen molar-refractivity contribution in [3.63, 3.8) is 0 Å². The summed E-state index contributed by atoms with van der Waals surface area (Å²) in [7, 11) is 0. The highest BCUT2D eigenvalue weighted by molar-refractivity contribution is 9.10. The summed E-state index contributed by atoms with van der Waals surface area (Å²) in [6.45, 7) is 0. The van der Waals surface area contributed by atoms with E-state index in [1.165, 1.54) is 0 Å². The molecule has 0 aliphatic carbocycles. The molecule has 0 saturated carbocycles. The van der Waals surface area contributed by atoms with Gasteiger partial charge in [0.1, 0.15) is 4.99 Å². The molecule has 2 aromatic carbocycles. The number of anilines is 2. The van der Waals surface area contributed by atoms with E-state index in [9.17, 15) is 0 Å². The van der Waals surface area contributed by atoms with E-state index in [2.05, 4.69) is 37.2 Å². The molecule has 0 fully saturated rings. The third-order valence-corrected chi connectivity index (χ3v) is 4.08. The minimum absolute atomic E-state index is 0.341. The van der Waals surface area contributed by atoms with Crippen molar-refractivity contribution in [3.8, 4) is 0 Å². The minimum atomic E-state index is 0.341. The molecule has 2 rings (SSSR count). The summed E-state index contributed by atoms with van der Waals surface area (Å²) in [6.07, 6.45) is 0. The van der Waals surface area contributed by atoms with Crippen LogP contribution in [-0.4, -0.2) is 4.99 Å². The van der Waals surface area contributed by atoms with Gasteiger partial charge in [-0.1, -0.05) is 39.7 Å². The molecule has 0 aliphatic rings. The second kappa shape index (κ2) is 6.22. The van der Waals surface area contributed by atoms with Crippen molar-refractivity contribution in [2.24, 2.45) is 5.73 Å². The number of thiocarbonyl (C=S) groups is 1. The van der Waals surface area contributed by atoms with Crippen LogP contribution in [0.4, 0.5) is 11.4 Å². The van der Waals surface area contributed by atoms with Crippen LogP contribution < -0.4 is 11.1 Å². The Labute approximate surface area is 138 Å². The van der Waals surface area contributed by atoms with Crippen LogP contribution in [0.2, 0.25) is 5.02 Å². The van der Waals surface area contributed by atoms with Crippen LogP contribution in [0.25, 0.3) is 0 Å². The summed E-state index contributed by atoms with van der Waals surface area (Å²) >= 11 is 17.9. The van der Waals surface area contributed by atoms with Crippen LogP contribution in [0.5, 0.6) is 0 Å². The number of hydrogen-bond acceptors (Lipinski definition) is 2. The lowest BCUT2D eigenvalue weighted by Gasteiger charge is -2.13. The average Bonchev–Trinajstić information content (AvgIpc) is 2.33. The molecule has 3 N–H and O–H groups in total. The number of benzene rings is 2. The van der Waals surface area contributed by atoms with E-state index in [0.29, 0.717) is 10.0 Å². The fraction of sp³-hybridized carbons (Fsp3) is 0. The summed E-state index contributed by atoms with van der Waals surface area (Å²) in [5.74, 6) is 0. The van der Waals surface area contributed by atoms with Gasteiger partial charge in [-0.25, -0.2) is 0 Å². The second-order valence-corrected chi connectivity index (χ2v) is 6.45. The second-order valence-electron chi connectivity index (χ2n) is 3.80. The van der Waals surface area contributed by atoms with Gasteiger partial charge < -0.3 is 11.1 Å². The van der Waals surface area contributed by atoms with Gasteiger partial charge in [0.05, 0.1) is 5.69 Å². The fourth-order valence-electron chi connectivity index (χ4n) is 1.57. The van der Waals surface area contributed by atoms with Crippen LogP contribution in [0.1, 0.15) is 5.56 Å². The standard InChI is InChI=1S/C13H9Br2ClN2S/c14-7-1-3-9(13(17)19)11(5-7)18-12-6-8(16)2-4-10(12)15/h1-6,18H,(H2,17,19). The minimum Gasteiger partial charge on any atom is -0.389 e. The molecule has 0 heterocycles. The molecule has 0 aromatic heterocycles.